The van der Waals surface area contributed by atoms with Crippen LogP contribution in [0.1, 0.15) is 30.5 Å². The van der Waals surface area contributed by atoms with Gasteiger partial charge in [0.05, 0.1) is 17.5 Å². The number of hydrogen-bond acceptors (Lipinski definition) is 5. The molecule has 1 aliphatic rings. The van der Waals surface area contributed by atoms with Crippen LogP contribution in [0.2, 0.25) is 0 Å². The van der Waals surface area contributed by atoms with Gasteiger partial charge in [0.2, 0.25) is 0 Å². The Labute approximate surface area is 183 Å². The first-order chi connectivity index (χ1) is 14.6. The van der Waals surface area contributed by atoms with Gasteiger partial charge in [0.25, 0.3) is 10.1 Å². The molecule has 31 heavy (non-hydrogen) atoms. The lowest BCUT2D eigenvalue weighted by Gasteiger charge is -2.38. The molecule has 170 valence electrons. The van der Waals surface area contributed by atoms with E-state index >= 15 is 0 Å². The number of carboxylic acid groups (broad SMARTS) is 1. The Balaban J connectivity index is 0.000000262. The van der Waals surface area contributed by atoms with Crippen molar-refractivity contribution in [3.05, 3.63) is 65.7 Å². The maximum absolute atomic E-state index is 11.0. The van der Waals surface area contributed by atoms with Gasteiger partial charge in [-0.2, -0.15) is 8.42 Å². The van der Waals surface area contributed by atoms with E-state index in [0.29, 0.717) is 13.1 Å². The number of methoxy groups -OCH3 is 1. The summed E-state index contributed by atoms with van der Waals surface area (Å²) in [7, 11) is -2.38. The third-order valence-corrected chi connectivity index (χ3v) is 6.08. The van der Waals surface area contributed by atoms with Crippen LogP contribution in [0.4, 0.5) is 4.79 Å². The molecule has 0 saturated carbocycles. The quantitative estimate of drug-likeness (QED) is 0.598. The molecule has 1 heterocycles. The van der Waals surface area contributed by atoms with Crippen molar-refractivity contribution >= 4 is 16.2 Å². The highest BCUT2D eigenvalue weighted by atomic mass is 32.2. The lowest BCUT2D eigenvalue weighted by atomic mass is 9.99. The van der Waals surface area contributed by atoms with Crippen molar-refractivity contribution < 1.29 is 27.6 Å². The molecule has 0 aromatic heterocycles. The van der Waals surface area contributed by atoms with Crippen LogP contribution in [0.15, 0.2) is 59.5 Å². The number of likely N-dealkylation sites (tertiary alicyclic amines) is 1. The van der Waals surface area contributed by atoms with Crippen molar-refractivity contribution in [3.8, 4) is 0 Å². The number of piperidine rings is 1. The third-order valence-electron chi connectivity index (χ3n) is 5.21. The molecule has 3 unspecified atom stereocenters. The third kappa shape index (κ3) is 7.62. The van der Waals surface area contributed by atoms with E-state index in [9.17, 15) is 13.2 Å². The molecule has 8 nitrogen and oxygen atoms in total. The van der Waals surface area contributed by atoms with Crippen molar-refractivity contribution in [2.75, 3.05) is 20.2 Å². The number of hydrogen-bond donors (Lipinski definition) is 3. The summed E-state index contributed by atoms with van der Waals surface area (Å²) >= 11 is 0. The molecule has 1 amide bonds. The van der Waals surface area contributed by atoms with E-state index < -0.39 is 16.2 Å². The van der Waals surface area contributed by atoms with Gasteiger partial charge in [-0.1, -0.05) is 48.0 Å². The molecule has 0 bridgehead atoms. The topological polar surface area (TPSA) is 116 Å². The zero-order valence-corrected chi connectivity index (χ0v) is 18.7. The summed E-state index contributed by atoms with van der Waals surface area (Å²) in [6.07, 6.45) is -0.213. The number of aryl methyl sites for hydroxylation is 1. The van der Waals surface area contributed by atoms with Gasteiger partial charge in [0.15, 0.2) is 0 Å². The zero-order chi connectivity index (χ0) is 23.0. The zero-order valence-electron chi connectivity index (χ0n) is 17.9. The van der Waals surface area contributed by atoms with E-state index in [4.69, 9.17) is 14.4 Å². The van der Waals surface area contributed by atoms with E-state index in [0.717, 1.165) is 12.0 Å². The fraction of sp³-hybridized carbons (Fsp3) is 0.409. The average molecular weight is 451 g/mol. The molecule has 0 spiro atoms. The van der Waals surface area contributed by atoms with Gasteiger partial charge in [-0.15, -0.1) is 0 Å². The van der Waals surface area contributed by atoms with Gasteiger partial charge in [-0.3, -0.25) is 4.55 Å². The predicted octanol–water partition coefficient (Wildman–Crippen LogP) is 3.35. The average Bonchev–Trinajstić information content (AvgIpc) is 2.74. The number of amides is 1. The standard InChI is InChI=1S/C15H22N2O3.C7H8O3S/c1-11(12-6-4-3-5-7-12)16-13-8-9-17(15(18)19)10-14(13)20-2;1-6-2-4-7(5-3-6)11(8,9)10/h3-7,11,13-14,16H,8-10H2,1-2H3,(H,18,19);2-5H,1H3,(H,8,9,10). The maximum Gasteiger partial charge on any atom is 0.407 e. The van der Waals surface area contributed by atoms with Gasteiger partial charge in [-0.05, 0) is 38.0 Å². The van der Waals surface area contributed by atoms with Crippen LogP contribution in [-0.2, 0) is 14.9 Å². The number of rotatable bonds is 5. The molecule has 1 saturated heterocycles. The van der Waals surface area contributed by atoms with Crippen LogP contribution in [0.5, 0.6) is 0 Å². The maximum atomic E-state index is 11.0. The summed E-state index contributed by atoms with van der Waals surface area (Å²) in [6.45, 7) is 4.93. The molecule has 0 radical (unpaired) electrons. The fourth-order valence-corrected chi connectivity index (χ4v) is 3.87. The minimum absolute atomic E-state index is 0.0666. The van der Waals surface area contributed by atoms with Crippen molar-refractivity contribution in [1.82, 2.24) is 10.2 Å². The summed E-state index contributed by atoms with van der Waals surface area (Å²) in [4.78, 5) is 12.4. The Morgan fingerprint density at radius 2 is 1.77 bits per heavy atom. The Hall–Kier alpha value is -2.46. The number of nitrogens with one attached hydrogen (secondary N) is 1. The van der Waals surface area contributed by atoms with Crippen molar-refractivity contribution in [3.63, 3.8) is 0 Å². The molecule has 3 N–H and O–H groups in total. The van der Waals surface area contributed by atoms with Gasteiger partial charge >= 0.3 is 6.09 Å². The van der Waals surface area contributed by atoms with E-state index in [2.05, 4.69) is 24.4 Å². The van der Waals surface area contributed by atoms with E-state index in [1.54, 1.807) is 19.2 Å². The lowest BCUT2D eigenvalue weighted by molar-refractivity contribution is 0.00701. The van der Waals surface area contributed by atoms with E-state index in [1.807, 2.05) is 25.1 Å². The molecule has 0 aliphatic carbocycles. The van der Waals surface area contributed by atoms with E-state index in [1.165, 1.54) is 22.6 Å². The summed E-state index contributed by atoms with van der Waals surface area (Å²) in [5.74, 6) is 0. The lowest BCUT2D eigenvalue weighted by Crippen LogP contribution is -2.54. The van der Waals surface area contributed by atoms with Crippen molar-refractivity contribution in [2.24, 2.45) is 0 Å². The fourth-order valence-electron chi connectivity index (χ4n) is 3.39. The molecule has 3 atom stereocenters. The van der Waals surface area contributed by atoms with Gasteiger partial charge in [0, 0.05) is 25.7 Å². The first-order valence-corrected chi connectivity index (χ1v) is 11.4. The summed E-state index contributed by atoms with van der Waals surface area (Å²) in [5, 5.41) is 12.6. The van der Waals surface area contributed by atoms with Gasteiger partial charge in [-0.25, -0.2) is 4.79 Å². The molecule has 2 aromatic rings. The molecule has 1 aliphatic heterocycles. The molecule has 9 heteroatoms. The first-order valence-electron chi connectivity index (χ1n) is 9.97. The number of carbonyl (C=O) groups is 1. The van der Waals surface area contributed by atoms with Crippen molar-refractivity contribution in [1.29, 1.82) is 0 Å². The monoisotopic (exact) mass is 450 g/mol. The van der Waals surface area contributed by atoms with Crippen LogP contribution < -0.4 is 5.32 Å². The molecule has 3 rings (SSSR count). The van der Waals surface area contributed by atoms with E-state index in [-0.39, 0.29) is 23.1 Å². The number of benzene rings is 2. The normalized spacial score (nSPS) is 19.8. The highest BCUT2D eigenvalue weighted by molar-refractivity contribution is 7.85. The first kappa shape index (κ1) is 24.8. The number of ether oxygens (including phenoxy) is 1. The second-order valence-electron chi connectivity index (χ2n) is 7.49. The summed E-state index contributed by atoms with van der Waals surface area (Å²) in [5.41, 5.74) is 2.18. The smallest absolute Gasteiger partial charge is 0.407 e. The highest BCUT2D eigenvalue weighted by Gasteiger charge is 2.32. The van der Waals surface area contributed by atoms with Gasteiger partial charge < -0.3 is 20.1 Å². The van der Waals surface area contributed by atoms with Crippen LogP contribution in [0.25, 0.3) is 0 Å². The number of nitrogens with zero attached hydrogens (tertiary/aromatic N) is 1. The Morgan fingerprint density at radius 3 is 2.29 bits per heavy atom. The highest BCUT2D eigenvalue weighted by Crippen LogP contribution is 2.19. The molecular formula is C22H30N2O6S. The molecule has 1 fully saturated rings. The molecule has 2 aromatic carbocycles. The van der Waals surface area contributed by atoms with Crippen LogP contribution in [-0.4, -0.2) is 61.4 Å². The minimum Gasteiger partial charge on any atom is -0.465 e. The Bertz CT molecular complexity index is 934. The van der Waals surface area contributed by atoms with Crippen molar-refractivity contribution in [2.45, 2.75) is 43.4 Å². The SMILES string of the molecule is COC1CN(C(=O)O)CCC1NC(C)c1ccccc1.Cc1ccc(S(=O)(=O)O)cc1. The summed E-state index contributed by atoms with van der Waals surface area (Å²) in [6, 6.07) is 16.6. The summed E-state index contributed by atoms with van der Waals surface area (Å²) < 4.78 is 35.0. The largest absolute Gasteiger partial charge is 0.465 e. The minimum atomic E-state index is -4.02. The Kier molecular flexibility index (Phi) is 9.00. The van der Waals surface area contributed by atoms with Crippen LogP contribution >= 0.6 is 0 Å². The van der Waals surface area contributed by atoms with Crippen LogP contribution in [0, 0.1) is 6.92 Å². The Morgan fingerprint density at radius 1 is 1.16 bits per heavy atom. The predicted molar refractivity (Wildman–Crippen MR) is 118 cm³/mol. The molecular weight excluding hydrogens is 420 g/mol. The second kappa shape index (κ2) is 11.2. The van der Waals surface area contributed by atoms with Gasteiger partial charge in [0.1, 0.15) is 0 Å². The second-order valence-corrected chi connectivity index (χ2v) is 8.91. The van der Waals surface area contributed by atoms with Crippen LogP contribution in [0.3, 0.4) is 0 Å².